The number of alkyl halides is 3. The van der Waals surface area contributed by atoms with Crippen LogP contribution in [-0.2, 0) is 0 Å². The Bertz CT molecular complexity index is 484. The normalized spacial score (nSPS) is 31.3. The van der Waals surface area contributed by atoms with Crippen LogP contribution in [0.25, 0.3) is 0 Å². The van der Waals surface area contributed by atoms with Gasteiger partial charge in [-0.3, -0.25) is 4.90 Å². The maximum absolute atomic E-state index is 12.9. The maximum atomic E-state index is 12.9. The molecule has 0 bridgehead atoms. The topological polar surface area (TPSA) is 15.3 Å². The van der Waals surface area contributed by atoms with Crippen LogP contribution in [0.2, 0.25) is 0 Å². The van der Waals surface area contributed by atoms with Gasteiger partial charge in [0.25, 0.3) is 0 Å². The minimum Gasteiger partial charge on any atom is -0.308 e. The lowest BCUT2D eigenvalue weighted by Gasteiger charge is -2.47. The summed E-state index contributed by atoms with van der Waals surface area (Å²) in [6, 6.07) is 9.28. The number of hydrogen-bond acceptors (Lipinski definition) is 2. The maximum Gasteiger partial charge on any atom is 0.401 e. The van der Waals surface area contributed by atoms with Crippen molar-refractivity contribution in [2.24, 2.45) is 5.92 Å². The van der Waals surface area contributed by atoms with Crippen LogP contribution in [-0.4, -0.2) is 36.2 Å². The lowest BCUT2D eigenvalue weighted by atomic mass is 9.89. The first-order valence-electron chi connectivity index (χ1n) is 7.48. The molecule has 2 atom stereocenters. The monoisotopic (exact) mass is 298 g/mol. The second-order valence-electron chi connectivity index (χ2n) is 6.52. The Hall–Kier alpha value is -1.07. The Morgan fingerprint density at radius 1 is 1.24 bits per heavy atom. The minimum absolute atomic E-state index is 0.184. The van der Waals surface area contributed by atoms with Gasteiger partial charge < -0.3 is 5.32 Å². The van der Waals surface area contributed by atoms with Crippen molar-refractivity contribution in [3.05, 3.63) is 35.9 Å². The molecule has 0 radical (unpaired) electrons. The molecule has 1 saturated carbocycles. The van der Waals surface area contributed by atoms with Gasteiger partial charge in [-0.15, -0.1) is 0 Å². The fraction of sp³-hybridized carbons (Fsp3) is 0.625. The van der Waals surface area contributed by atoms with Gasteiger partial charge in [0, 0.05) is 24.7 Å². The SMILES string of the molecule is CC1(C2CC2)CN(CC(F)(F)F)C(c2ccccc2)CN1. The van der Waals surface area contributed by atoms with Crippen LogP contribution in [0.5, 0.6) is 0 Å². The van der Waals surface area contributed by atoms with Gasteiger partial charge in [-0.25, -0.2) is 0 Å². The summed E-state index contributed by atoms with van der Waals surface area (Å²) in [6.45, 7) is 2.26. The first-order chi connectivity index (χ1) is 9.87. The fourth-order valence-electron chi connectivity index (χ4n) is 3.44. The largest absolute Gasteiger partial charge is 0.401 e. The summed E-state index contributed by atoms with van der Waals surface area (Å²) in [5, 5.41) is 3.51. The first kappa shape index (κ1) is 14.9. The number of piperazine rings is 1. The number of rotatable bonds is 3. The number of halogens is 3. The Morgan fingerprint density at radius 3 is 2.48 bits per heavy atom. The lowest BCUT2D eigenvalue weighted by Crippen LogP contribution is -2.62. The second kappa shape index (κ2) is 5.29. The van der Waals surface area contributed by atoms with Crippen LogP contribution >= 0.6 is 0 Å². The Morgan fingerprint density at radius 2 is 1.90 bits per heavy atom. The van der Waals surface area contributed by atoms with E-state index in [1.54, 1.807) is 4.90 Å². The van der Waals surface area contributed by atoms with E-state index in [2.05, 4.69) is 12.2 Å². The highest BCUT2D eigenvalue weighted by Crippen LogP contribution is 2.43. The van der Waals surface area contributed by atoms with Crippen LogP contribution < -0.4 is 5.32 Å². The highest BCUT2D eigenvalue weighted by Gasteiger charge is 2.48. The third kappa shape index (κ3) is 3.40. The van der Waals surface area contributed by atoms with E-state index in [1.165, 1.54) is 0 Å². The molecule has 1 saturated heterocycles. The summed E-state index contributed by atoms with van der Waals surface area (Å²) in [5.41, 5.74) is 0.767. The Kier molecular flexibility index (Phi) is 3.74. The molecule has 1 aromatic carbocycles. The zero-order chi connectivity index (χ0) is 15.1. The summed E-state index contributed by atoms with van der Waals surface area (Å²) in [7, 11) is 0. The van der Waals surface area contributed by atoms with E-state index in [4.69, 9.17) is 0 Å². The minimum atomic E-state index is -4.16. The molecule has 2 aliphatic rings. The van der Waals surface area contributed by atoms with Crippen molar-refractivity contribution >= 4 is 0 Å². The van der Waals surface area contributed by atoms with Gasteiger partial charge in [0.05, 0.1) is 6.54 Å². The molecule has 1 aliphatic heterocycles. The molecule has 1 aliphatic carbocycles. The molecule has 2 unspecified atom stereocenters. The van der Waals surface area contributed by atoms with Gasteiger partial charge in [0.1, 0.15) is 0 Å². The summed E-state index contributed by atoms with van der Waals surface area (Å²) >= 11 is 0. The number of nitrogens with zero attached hydrogens (tertiary/aromatic N) is 1. The van der Waals surface area contributed by atoms with E-state index in [0.29, 0.717) is 19.0 Å². The third-order valence-electron chi connectivity index (χ3n) is 4.72. The van der Waals surface area contributed by atoms with Gasteiger partial charge in [-0.05, 0) is 31.2 Å². The Labute approximate surface area is 123 Å². The molecule has 1 aromatic rings. The molecular formula is C16H21F3N2. The van der Waals surface area contributed by atoms with Gasteiger partial charge in [0.2, 0.25) is 0 Å². The number of hydrogen-bond donors (Lipinski definition) is 1. The third-order valence-corrected chi connectivity index (χ3v) is 4.72. The number of nitrogens with one attached hydrogen (secondary N) is 1. The van der Waals surface area contributed by atoms with Crippen molar-refractivity contribution in [2.75, 3.05) is 19.6 Å². The zero-order valence-electron chi connectivity index (χ0n) is 12.2. The van der Waals surface area contributed by atoms with Crippen LogP contribution in [0.15, 0.2) is 30.3 Å². The summed E-state index contributed by atoms with van der Waals surface area (Å²) in [6.07, 6.45) is -1.91. The second-order valence-corrected chi connectivity index (χ2v) is 6.52. The van der Waals surface area contributed by atoms with Gasteiger partial charge >= 0.3 is 6.18 Å². The molecule has 1 N–H and O–H groups in total. The van der Waals surface area contributed by atoms with Crippen molar-refractivity contribution in [1.82, 2.24) is 10.2 Å². The predicted molar refractivity (Wildman–Crippen MR) is 75.9 cm³/mol. The Balaban J connectivity index is 1.82. The molecule has 0 amide bonds. The fourth-order valence-corrected chi connectivity index (χ4v) is 3.44. The summed E-state index contributed by atoms with van der Waals surface area (Å²) in [5.74, 6) is 0.518. The lowest BCUT2D eigenvalue weighted by molar-refractivity contribution is -0.157. The first-order valence-corrected chi connectivity index (χ1v) is 7.48. The van der Waals surface area contributed by atoms with Crippen molar-refractivity contribution in [2.45, 2.75) is 37.5 Å². The van der Waals surface area contributed by atoms with Crippen molar-refractivity contribution in [3.8, 4) is 0 Å². The van der Waals surface area contributed by atoms with E-state index in [-0.39, 0.29) is 11.6 Å². The predicted octanol–water partition coefficient (Wildman–Crippen LogP) is 3.36. The molecule has 0 spiro atoms. The summed E-state index contributed by atoms with van der Waals surface area (Å²) < 4.78 is 38.8. The average Bonchev–Trinajstić information content (AvgIpc) is 3.22. The van der Waals surface area contributed by atoms with Gasteiger partial charge in [0.15, 0.2) is 0 Å². The molecular weight excluding hydrogens is 277 g/mol. The molecule has 2 nitrogen and oxygen atoms in total. The van der Waals surface area contributed by atoms with E-state index >= 15 is 0 Å². The number of benzene rings is 1. The highest BCUT2D eigenvalue weighted by atomic mass is 19.4. The van der Waals surface area contributed by atoms with Gasteiger partial charge in [-0.2, -0.15) is 13.2 Å². The smallest absolute Gasteiger partial charge is 0.308 e. The van der Waals surface area contributed by atoms with Crippen LogP contribution in [0, 0.1) is 5.92 Å². The average molecular weight is 298 g/mol. The molecule has 21 heavy (non-hydrogen) atoms. The molecule has 3 rings (SSSR count). The molecule has 2 fully saturated rings. The van der Waals surface area contributed by atoms with Crippen molar-refractivity contribution in [1.29, 1.82) is 0 Å². The van der Waals surface area contributed by atoms with Crippen LogP contribution in [0.3, 0.4) is 0 Å². The quantitative estimate of drug-likeness (QED) is 0.920. The van der Waals surface area contributed by atoms with Crippen molar-refractivity contribution < 1.29 is 13.2 Å². The van der Waals surface area contributed by atoms with Crippen molar-refractivity contribution in [3.63, 3.8) is 0 Å². The molecule has 1 heterocycles. The van der Waals surface area contributed by atoms with E-state index in [1.807, 2.05) is 30.3 Å². The standard InChI is InChI=1S/C16H21F3N2/c1-15(13-7-8-13)10-21(11-16(17,18)19)14(9-20-15)12-5-3-2-4-6-12/h2-6,13-14,20H,7-11H2,1H3. The van der Waals surface area contributed by atoms with Crippen LogP contribution in [0.1, 0.15) is 31.4 Å². The van der Waals surface area contributed by atoms with E-state index in [9.17, 15) is 13.2 Å². The van der Waals surface area contributed by atoms with E-state index in [0.717, 1.165) is 18.4 Å². The van der Waals surface area contributed by atoms with E-state index < -0.39 is 12.7 Å². The van der Waals surface area contributed by atoms with Gasteiger partial charge in [-0.1, -0.05) is 30.3 Å². The van der Waals surface area contributed by atoms with Crippen LogP contribution in [0.4, 0.5) is 13.2 Å². The summed E-state index contributed by atoms with van der Waals surface area (Å²) in [4.78, 5) is 1.60. The zero-order valence-corrected chi connectivity index (χ0v) is 12.2. The molecule has 116 valence electrons. The molecule has 0 aromatic heterocycles. The highest BCUT2D eigenvalue weighted by molar-refractivity contribution is 5.21. The molecule has 5 heteroatoms.